The average Bonchev–Trinajstić information content (AvgIpc) is 3.21. The van der Waals surface area contributed by atoms with E-state index in [1.165, 1.54) is 23.3 Å². The van der Waals surface area contributed by atoms with Crippen molar-refractivity contribution in [3.63, 3.8) is 0 Å². The van der Waals surface area contributed by atoms with Gasteiger partial charge < -0.3 is 5.11 Å². The van der Waals surface area contributed by atoms with Crippen molar-refractivity contribution in [2.24, 2.45) is 0 Å². The van der Waals surface area contributed by atoms with Gasteiger partial charge >= 0.3 is 0 Å². The van der Waals surface area contributed by atoms with E-state index < -0.39 is 6.10 Å². The highest BCUT2D eigenvalue weighted by molar-refractivity contribution is 7.09. The van der Waals surface area contributed by atoms with Crippen LogP contribution in [-0.2, 0) is 6.54 Å². The smallest absolute Gasteiger partial charge is 0.0923 e. The van der Waals surface area contributed by atoms with Crippen molar-refractivity contribution in [3.8, 4) is 0 Å². The second-order valence-corrected chi connectivity index (χ2v) is 9.31. The van der Waals surface area contributed by atoms with Crippen LogP contribution < -0.4 is 0 Å². The number of aromatic nitrogens is 3. The summed E-state index contributed by atoms with van der Waals surface area (Å²) in [5.74, 6) is 0.568. The standard InChI is InChI=1S/C21H23ClN4OS/c22-16-7-5-15(6-8-16)19-10-21(27)20(13-25(19)11-17-2-1-9-28-17)26-12-18(23-24-26)14-3-4-14/h1-2,5-9,12,14,19-21,27H,3-4,10-11,13H2/t19-,20+,21+/m1/s1. The van der Waals surface area contributed by atoms with E-state index in [0.717, 1.165) is 23.8 Å². The molecule has 1 aromatic carbocycles. The third-order valence-corrected chi connectivity index (χ3v) is 6.94. The van der Waals surface area contributed by atoms with Crippen LogP contribution in [0.2, 0.25) is 5.02 Å². The number of nitrogens with zero attached hydrogens (tertiary/aromatic N) is 4. The largest absolute Gasteiger partial charge is 0.391 e. The Kier molecular flexibility index (Phi) is 4.97. The van der Waals surface area contributed by atoms with Crippen molar-refractivity contribution in [1.29, 1.82) is 0 Å². The molecule has 3 atom stereocenters. The van der Waals surface area contributed by atoms with E-state index in [1.807, 2.05) is 23.0 Å². The molecule has 5 rings (SSSR count). The predicted molar refractivity (Wildman–Crippen MR) is 111 cm³/mol. The lowest BCUT2D eigenvalue weighted by molar-refractivity contribution is -0.0105. The summed E-state index contributed by atoms with van der Waals surface area (Å²) in [5, 5.41) is 22.5. The molecule has 146 valence electrons. The van der Waals surface area contributed by atoms with Crippen LogP contribution >= 0.6 is 22.9 Å². The van der Waals surface area contributed by atoms with Crippen molar-refractivity contribution >= 4 is 22.9 Å². The van der Waals surface area contributed by atoms with Crippen LogP contribution in [0, 0.1) is 0 Å². The van der Waals surface area contributed by atoms with Crippen LogP contribution in [0.5, 0.6) is 0 Å². The lowest BCUT2D eigenvalue weighted by atomic mass is 9.90. The summed E-state index contributed by atoms with van der Waals surface area (Å²) in [4.78, 5) is 3.77. The summed E-state index contributed by atoms with van der Waals surface area (Å²) in [6.07, 6.45) is 4.65. The van der Waals surface area contributed by atoms with Gasteiger partial charge in [-0.25, -0.2) is 4.68 Å². The molecule has 1 saturated carbocycles. The molecule has 1 aliphatic heterocycles. The van der Waals surface area contributed by atoms with Crippen molar-refractivity contribution in [2.45, 2.75) is 49.9 Å². The van der Waals surface area contributed by atoms with E-state index in [-0.39, 0.29) is 12.1 Å². The number of likely N-dealkylation sites (tertiary alicyclic amines) is 1. The molecule has 1 N–H and O–H groups in total. The van der Waals surface area contributed by atoms with Crippen LogP contribution in [0.15, 0.2) is 48.0 Å². The molecular weight excluding hydrogens is 392 g/mol. The SMILES string of the molecule is O[C@H]1C[C@H](c2ccc(Cl)cc2)N(Cc2cccs2)C[C@@H]1n1cc(C2CC2)nn1. The van der Waals surface area contributed by atoms with Crippen molar-refractivity contribution in [2.75, 3.05) is 6.54 Å². The highest BCUT2D eigenvalue weighted by Crippen LogP contribution is 2.40. The summed E-state index contributed by atoms with van der Waals surface area (Å²) < 4.78 is 1.89. The number of halogens is 1. The van der Waals surface area contributed by atoms with Gasteiger partial charge in [-0.1, -0.05) is 35.0 Å². The van der Waals surface area contributed by atoms with Gasteiger partial charge in [-0.15, -0.1) is 16.4 Å². The Morgan fingerprint density at radius 3 is 2.71 bits per heavy atom. The summed E-state index contributed by atoms with van der Waals surface area (Å²) in [7, 11) is 0. The zero-order chi connectivity index (χ0) is 19.1. The van der Waals surface area contributed by atoms with Gasteiger partial charge in [0, 0.05) is 41.1 Å². The summed E-state index contributed by atoms with van der Waals surface area (Å²) >= 11 is 7.86. The Hall–Kier alpha value is -1.73. The van der Waals surface area contributed by atoms with Crippen LogP contribution in [-0.4, -0.2) is 37.6 Å². The fraction of sp³-hybridized carbons (Fsp3) is 0.429. The molecule has 3 aromatic rings. The lowest BCUT2D eigenvalue weighted by Crippen LogP contribution is -2.45. The van der Waals surface area contributed by atoms with E-state index in [4.69, 9.17) is 11.6 Å². The van der Waals surface area contributed by atoms with Crippen molar-refractivity contribution < 1.29 is 5.11 Å². The molecule has 1 saturated heterocycles. The topological polar surface area (TPSA) is 54.2 Å². The molecule has 28 heavy (non-hydrogen) atoms. The molecular formula is C21H23ClN4OS. The highest BCUT2D eigenvalue weighted by atomic mass is 35.5. The van der Waals surface area contributed by atoms with Gasteiger partial charge in [-0.05, 0) is 48.4 Å². The quantitative estimate of drug-likeness (QED) is 0.671. The maximum atomic E-state index is 11.0. The number of aliphatic hydroxyl groups excluding tert-OH is 1. The van der Waals surface area contributed by atoms with Crippen LogP contribution in [0.3, 0.4) is 0 Å². The van der Waals surface area contributed by atoms with Crippen LogP contribution in [0.4, 0.5) is 0 Å². The minimum absolute atomic E-state index is 0.0801. The first kappa shape index (κ1) is 18.3. The number of aliphatic hydroxyl groups is 1. The molecule has 0 amide bonds. The fourth-order valence-corrected chi connectivity index (χ4v) is 4.97. The third kappa shape index (κ3) is 3.74. The number of thiophene rings is 1. The number of benzene rings is 1. The Morgan fingerprint density at radius 1 is 1.18 bits per heavy atom. The van der Waals surface area contributed by atoms with E-state index >= 15 is 0 Å². The van der Waals surface area contributed by atoms with Gasteiger partial charge in [-0.3, -0.25) is 4.90 Å². The number of hydrogen-bond donors (Lipinski definition) is 1. The van der Waals surface area contributed by atoms with Gasteiger partial charge in [0.15, 0.2) is 0 Å². The molecule has 2 fully saturated rings. The third-order valence-electron chi connectivity index (χ3n) is 5.83. The molecule has 3 heterocycles. The molecule has 2 aliphatic rings. The first-order valence-electron chi connectivity index (χ1n) is 9.79. The Labute approximate surface area is 173 Å². The van der Waals surface area contributed by atoms with E-state index in [2.05, 4.69) is 44.9 Å². The van der Waals surface area contributed by atoms with Gasteiger partial charge in [0.25, 0.3) is 0 Å². The molecule has 0 bridgehead atoms. The zero-order valence-corrected chi connectivity index (χ0v) is 17.1. The Bertz CT molecular complexity index is 922. The molecule has 7 heteroatoms. The fourth-order valence-electron chi connectivity index (χ4n) is 4.11. The second-order valence-electron chi connectivity index (χ2n) is 7.84. The summed E-state index contributed by atoms with van der Waals surface area (Å²) in [6.45, 7) is 1.60. The van der Waals surface area contributed by atoms with Gasteiger partial charge in [0.1, 0.15) is 0 Å². The molecule has 1 aliphatic carbocycles. The lowest BCUT2D eigenvalue weighted by Gasteiger charge is -2.42. The monoisotopic (exact) mass is 414 g/mol. The van der Waals surface area contributed by atoms with Crippen LogP contribution in [0.1, 0.15) is 53.4 Å². The van der Waals surface area contributed by atoms with E-state index in [1.54, 1.807) is 11.3 Å². The van der Waals surface area contributed by atoms with Gasteiger partial charge in [-0.2, -0.15) is 0 Å². The second kappa shape index (κ2) is 7.59. The Balaban J connectivity index is 1.42. The summed E-state index contributed by atoms with van der Waals surface area (Å²) in [5.41, 5.74) is 2.26. The Morgan fingerprint density at radius 2 is 2.00 bits per heavy atom. The van der Waals surface area contributed by atoms with Crippen molar-refractivity contribution in [1.82, 2.24) is 19.9 Å². The van der Waals surface area contributed by atoms with Crippen molar-refractivity contribution in [3.05, 3.63) is 69.1 Å². The zero-order valence-electron chi connectivity index (χ0n) is 15.5. The van der Waals surface area contributed by atoms with E-state index in [0.29, 0.717) is 12.3 Å². The van der Waals surface area contributed by atoms with Gasteiger partial charge in [0.05, 0.1) is 17.8 Å². The van der Waals surface area contributed by atoms with Crippen LogP contribution in [0.25, 0.3) is 0 Å². The number of rotatable bonds is 5. The molecule has 0 unspecified atom stereocenters. The predicted octanol–water partition coefficient (Wildman–Crippen LogP) is 4.42. The molecule has 5 nitrogen and oxygen atoms in total. The molecule has 2 aromatic heterocycles. The maximum absolute atomic E-state index is 11.0. The average molecular weight is 415 g/mol. The minimum Gasteiger partial charge on any atom is -0.391 e. The van der Waals surface area contributed by atoms with Gasteiger partial charge in [0.2, 0.25) is 0 Å². The molecule has 0 radical (unpaired) electrons. The first-order chi connectivity index (χ1) is 13.7. The highest BCUT2D eigenvalue weighted by Gasteiger charge is 2.38. The first-order valence-corrected chi connectivity index (χ1v) is 11.0. The minimum atomic E-state index is -0.464. The maximum Gasteiger partial charge on any atom is 0.0923 e. The summed E-state index contributed by atoms with van der Waals surface area (Å²) in [6, 6.07) is 12.3. The normalized spacial score (nSPS) is 25.9. The van der Waals surface area contributed by atoms with E-state index in [9.17, 15) is 5.11 Å². The number of hydrogen-bond acceptors (Lipinski definition) is 5. The number of piperidine rings is 1. The molecule has 0 spiro atoms.